The number of hydrogen-bond acceptors (Lipinski definition) is 5. The lowest BCUT2D eigenvalue weighted by Crippen LogP contribution is -2.39. The summed E-state index contributed by atoms with van der Waals surface area (Å²) in [6.07, 6.45) is 6.57. The smallest absolute Gasteiger partial charge is 0.191 e. The molecule has 0 radical (unpaired) electrons. The van der Waals surface area contributed by atoms with Crippen molar-refractivity contribution in [3.05, 3.63) is 30.1 Å². The number of nitrogens with zero attached hydrogens (tertiary/aromatic N) is 4. The Balaban J connectivity index is 0.00000341. The van der Waals surface area contributed by atoms with Crippen LogP contribution in [0.1, 0.15) is 44.9 Å². The highest BCUT2D eigenvalue weighted by molar-refractivity contribution is 14.0. The van der Waals surface area contributed by atoms with Crippen LogP contribution in [0.4, 0.5) is 0 Å². The number of benzene rings is 1. The molecule has 9 heteroatoms. The summed E-state index contributed by atoms with van der Waals surface area (Å²) in [5.41, 5.74) is 0.945. The zero-order valence-electron chi connectivity index (χ0n) is 18.7. The number of methoxy groups -OCH3 is 1. The van der Waals surface area contributed by atoms with E-state index in [1.165, 1.54) is 38.8 Å². The molecule has 1 fully saturated rings. The Hall–Kier alpha value is -1.88. The zero-order valence-corrected chi connectivity index (χ0v) is 21.0. The van der Waals surface area contributed by atoms with Gasteiger partial charge in [-0.05, 0) is 70.1 Å². The summed E-state index contributed by atoms with van der Waals surface area (Å²) in [7, 11) is 1.66. The van der Waals surface area contributed by atoms with Crippen molar-refractivity contribution in [3.63, 3.8) is 0 Å². The van der Waals surface area contributed by atoms with Crippen molar-refractivity contribution in [1.82, 2.24) is 30.7 Å². The van der Waals surface area contributed by atoms with Crippen molar-refractivity contribution in [2.45, 2.75) is 45.6 Å². The number of halogens is 1. The highest BCUT2D eigenvalue weighted by Gasteiger charge is 2.09. The second-order valence-corrected chi connectivity index (χ2v) is 7.57. The van der Waals surface area contributed by atoms with E-state index in [9.17, 15) is 0 Å². The van der Waals surface area contributed by atoms with Gasteiger partial charge in [-0.15, -0.1) is 24.0 Å². The van der Waals surface area contributed by atoms with Crippen LogP contribution < -0.4 is 15.4 Å². The van der Waals surface area contributed by atoms with Crippen LogP contribution in [-0.2, 0) is 6.54 Å². The van der Waals surface area contributed by atoms with Gasteiger partial charge in [-0.2, -0.15) is 5.10 Å². The zero-order chi connectivity index (χ0) is 21.0. The molecule has 1 aromatic carbocycles. The number of aromatic nitrogens is 3. The van der Waals surface area contributed by atoms with Crippen LogP contribution in [-0.4, -0.2) is 65.9 Å². The molecule has 2 aromatic rings. The van der Waals surface area contributed by atoms with E-state index in [0.717, 1.165) is 49.2 Å². The fourth-order valence-corrected chi connectivity index (χ4v) is 3.60. The van der Waals surface area contributed by atoms with Crippen LogP contribution >= 0.6 is 24.0 Å². The molecule has 8 nitrogen and oxygen atoms in total. The molecular formula is C22H36IN7O. The molecule has 1 aliphatic rings. The summed E-state index contributed by atoms with van der Waals surface area (Å²) in [4.78, 5) is 11.8. The number of likely N-dealkylation sites (tertiary alicyclic amines) is 1. The Morgan fingerprint density at radius 2 is 1.87 bits per heavy atom. The third-order valence-electron chi connectivity index (χ3n) is 5.25. The number of aliphatic imine (C=N–C) groups is 1. The number of rotatable bonds is 9. The molecule has 0 amide bonds. The first kappa shape index (κ1) is 25.4. The van der Waals surface area contributed by atoms with E-state index in [4.69, 9.17) is 4.74 Å². The van der Waals surface area contributed by atoms with Crippen molar-refractivity contribution in [2.24, 2.45) is 4.99 Å². The molecule has 31 heavy (non-hydrogen) atoms. The Morgan fingerprint density at radius 1 is 1.13 bits per heavy atom. The largest absolute Gasteiger partial charge is 0.497 e. The van der Waals surface area contributed by atoms with Crippen LogP contribution in [0.25, 0.3) is 11.4 Å². The lowest BCUT2D eigenvalue weighted by molar-refractivity contribution is 0.282. The number of guanidine groups is 1. The molecule has 1 aromatic heterocycles. The minimum absolute atomic E-state index is 0. The second-order valence-electron chi connectivity index (χ2n) is 7.57. The van der Waals surface area contributed by atoms with E-state index in [0.29, 0.717) is 12.4 Å². The molecule has 0 spiro atoms. The van der Waals surface area contributed by atoms with E-state index in [1.54, 1.807) is 7.11 Å². The van der Waals surface area contributed by atoms with Crippen LogP contribution in [0.3, 0.4) is 0 Å². The summed E-state index contributed by atoms with van der Waals surface area (Å²) in [6, 6.07) is 7.71. The van der Waals surface area contributed by atoms with Crippen LogP contribution in [0.5, 0.6) is 5.75 Å². The third-order valence-corrected chi connectivity index (χ3v) is 5.25. The molecule has 0 bridgehead atoms. The maximum Gasteiger partial charge on any atom is 0.191 e. The maximum atomic E-state index is 5.20. The van der Waals surface area contributed by atoms with Crippen LogP contribution in [0.2, 0.25) is 0 Å². The number of hydrogen-bond donors (Lipinski definition) is 3. The third kappa shape index (κ3) is 8.64. The predicted molar refractivity (Wildman–Crippen MR) is 136 cm³/mol. The van der Waals surface area contributed by atoms with Gasteiger partial charge in [-0.3, -0.25) is 5.10 Å². The fraction of sp³-hybridized carbons (Fsp3) is 0.591. The van der Waals surface area contributed by atoms with Crippen molar-refractivity contribution in [2.75, 3.05) is 39.8 Å². The standard InChI is InChI=1S/C22H35N7O.HI/c1-3-23-22(24-13-8-16-29-14-6-4-5-7-15-29)25-17-20-26-21(28-27-20)18-9-11-19(30-2)12-10-18;/h9-12H,3-8,13-17H2,1-2H3,(H2,23,24,25)(H,26,27,28);1H. The normalized spacial score (nSPS) is 15.1. The first-order valence-electron chi connectivity index (χ1n) is 11.1. The topological polar surface area (TPSA) is 90.5 Å². The Kier molecular flexibility index (Phi) is 11.7. The van der Waals surface area contributed by atoms with E-state index < -0.39 is 0 Å². The molecule has 1 aliphatic heterocycles. The SMILES string of the molecule is CCNC(=NCc1nc(-c2ccc(OC)cc2)n[nH]1)NCCCN1CCCCCC1.I. The molecule has 3 rings (SSSR count). The lowest BCUT2D eigenvalue weighted by atomic mass is 10.2. The molecule has 2 heterocycles. The molecule has 1 saturated heterocycles. The van der Waals surface area contributed by atoms with E-state index >= 15 is 0 Å². The second kappa shape index (κ2) is 14.2. The van der Waals surface area contributed by atoms with E-state index in [1.807, 2.05) is 24.3 Å². The molecule has 0 saturated carbocycles. The van der Waals surface area contributed by atoms with Gasteiger partial charge in [0.25, 0.3) is 0 Å². The van der Waals surface area contributed by atoms with Gasteiger partial charge in [-0.25, -0.2) is 9.98 Å². The highest BCUT2D eigenvalue weighted by atomic mass is 127. The summed E-state index contributed by atoms with van der Waals surface area (Å²) in [6.45, 7) is 7.91. The number of H-pyrrole nitrogens is 1. The van der Waals surface area contributed by atoms with Gasteiger partial charge < -0.3 is 20.3 Å². The summed E-state index contributed by atoms with van der Waals surface area (Å²) in [5, 5.41) is 14.0. The summed E-state index contributed by atoms with van der Waals surface area (Å²) >= 11 is 0. The van der Waals surface area contributed by atoms with Crippen molar-refractivity contribution >= 4 is 29.9 Å². The van der Waals surface area contributed by atoms with Gasteiger partial charge in [-0.1, -0.05) is 12.8 Å². The number of ether oxygens (including phenoxy) is 1. The van der Waals surface area contributed by atoms with Gasteiger partial charge in [0.2, 0.25) is 0 Å². The Labute approximate surface area is 202 Å². The first-order chi connectivity index (χ1) is 14.8. The molecule has 0 aliphatic carbocycles. The quantitative estimate of drug-likeness (QED) is 0.195. The van der Waals surface area contributed by atoms with Gasteiger partial charge in [0.05, 0.1) is 7.11 Å². The minimum atomic E-state index is 0. The minimum Gasteiger partial charge on any atom is -0.497 e. The van der Waals surface area contributed by atoms with Gasteiger partial charge >= 0.3 is 0 Å². The average molecular weight is 541 g/mol. The maximum absolute atomic E-state index is 5.20. The van der Waals surface area contributed by atoms with Crippen LogP contribution in [0, 0.1) is 0 Å². The summed E-state index contributed by atoms with van der Waals surface area (Å²) in [5.74, 6) is 3.04. The molecular weight excluding hydrogens is 505 g/mol. The Morgan fingerprint density at radius 3 is 2.55 bits per heavy atom. The van der Waals surface area contributed by atoms with Gasteiger partial charge in [0.15, 0.2) is 11.8 Å². The first-order valence-corrected chi connectivity index (χ1v) is 11.1. The number of aromatic amines is 1. The molecule has 172 valence electrons. The van der Waals surface area contributed by atoms with Crippen LogP contribution in [0.15, 0.2) is 29.3 Å². The Bertz CT molecular complexity index is 770. The van der Waals surface area contributed by atoms with Gasteiger partial charge in [0, 0.05) is 18.7 Å². The van der Waals surface area contributed by atoms with E-state index in [2.05, 4.69) is 42.6 Å². The number of nitrogens with one attached hydrogen (secondary N) is 3. The monoisotopic (exact) mass is 541 g/mol. The molecule has 0 atom stereocenters. The highest BCUT2D eigenvalue weighted by Crippen LogP contribution is 2.19. The van der Waals surface area contributed by atoms with Gasteiger partial charge in [0.1, 0.15) is 18.1 Å². The van der Waals surface area contributed by atoms with Crippen molar-refractivity contribution < 1.29 is 4.74 Å². The molecule has 0 unspecified atom stereocenters. The van der Waals surface area contributed by atoms with E-state index in [-0.39, 0.29) is 24.0 Å². The van der Waals surface area contributed by atoms with Crippen molar-refractivity contribution in [1.29, 1.82) is 0 Å². The average Bonchev–Trinajstić information content (AvgIpc) is 3.10. The fourth-order valence-electron chi connectivity index (χ4n) is 3.60. The molecule has 3 N–H and O–H groups in total. The lowest BCUT2D eigenvalue weighted by Gasteiger charge is -2.20. The predicted octanol–water partition coefficient (Wildman–Crippen LogP) is 3.42. The summed E-state index contributed by atoms with van der Waals surface area (Å²) < 4.78 is 5.20. The van der Waals surface area contributed by atoms with Crippen molar-refractivity contribution in [3.8, 4) is 17.1 Å².